The average molecular weight is 285 g/mol. The number of rotatable bonds is 2. The van der Waals surface area contributed by atoms with Gasteiger partial charge in [0.05, 0.1) is 5.52 Å². The Balaban J connectivity index is 2.09. The molecule has 3 rings (SSSR count). The van der Waals surface area contributed by atoms with Gasteiger partial charge in [0.25, 0.3) is 0 Å². The van der Waals surface area contributed by atoms with E-state index < -0.39 is 0 Å². The van der Waals surface area contributed by atoms with E-state index in [0.29, 0.717) is 10.7 Å². The van der Waals surface area contributed by atoms with Crippen molar-refractivity contribution in [1.82, 2.24) is 4.98 Å². The largest absolute Gasteiger partial charge is 0.456 e. The molecule has 1 aromatic heterocycles. The SMILES string of the molecule is Cc1ccc(N)cc1Oc1ccnc2cc(Cl)ccc12. The van der Waals surface area contributed by atoms with Crippen LogP contribution in [0.3, 0.4) is 0 Å². The molecule has 0 amide bonds. The highest BCUT2D eigenvalue weighted by Crippen LogP contribution is 2.32. The van der Waals surface area contributed by atoms with Crippen molar-refractivity contribution in [2.75, 3.05) is 5.73 Å². The number of aromatic nitrogens is 1. The van der Waals surface area contributed by atoms with E-state index in [1.807, 2.05) is 49.4 Å². The Morgan fingerprint density at radius 3 is 2.75 bits per heavy atom. The lowest BCUT2D eigenvalue weighted by atomic mass is 10.2. The third kappa shape index (κ3) is 2.40. The first-order chi connectivity index (χ1) is 9.63. The Labute approximate surface area is 122 Å². The number of benzene rings is 2. The molecule has 100 valence electrons. The summed E-state index contributed by atoms with van der Waals surface area (Å²) in [6.07, 6.45) is 1.70. The van der Waals surface area contributed by atoms with Gasteiger partial charge in [-0.15, -0.1) is 0 Å². The third-order valence-electron chi connectivity index (χ3n) is 3.10. The van der Waals surface area contributed by atoms with Crippen molar-refractivity contribution < 1.29 is 4.74 Å². The molecule has 0 saturated heterocycles. The summed E-state index contributed by atoms with van der Waals surface area (Å²) in [4.78, 5) is 4.30. The van der Waals surface area contributed by atoms with Crippen LogP contribution in [-0.4, -0.2) is 4.98 Å². The number of ether oxygens (including phenoxy) is 1. The molecule has 2 N–H and O–H groups in total. The van der Waals surface area contributed by atoms with Gasteiger partial charge in [-0.1, -0.05) is 17.7 Å². The highest BCUT2D eigenvalue weighted by Gasteiger charge is 2.07. The van der Waals surface area contributed by atoms with Crippen LogP contribution in [0.15, 0.2) is 48.7 Å². The maximum Gasteiger partial charge on any atom is 0.138 e. The molecule has 2 aromatic carbocycles. The highest BCUT2D eigenvalue weighted by atomic mass is 35.5. The van der Waals surface area contributed by atoms with Crippen LogP contribution in [-0.2, 0) is 0 Å². The standard InChI is InChI=1S/C16H13ClN2O/c1-10-2-4-12(18)9-16(10)20-15-6-7-19-14-8-11(17)3-5-13(14)15/h2-9H,18H2,1H3. The number of nitrogen functional groups attached to an aromatic ring is 1. The van der Waals surface area contributed by atoms with E-state index in [1.54, 1.807) is 6.20 Å². The van der Waals surface area contributed by atoms with Gasteiger partial charge in [0.2, 0.25) is 0 Å². The maximum atomic E-state index is 5.98. The van der Waals surface area contributed by atoms with Crippen molar-refractivity contribution in [1.29, 1.82) is 0 Å². The number of nitrogens with two attached hydrogens (primary N) is 1. The van der Waals surface area contributed by atoms with Crippen LogP contribution in [0.1, 0.15) is 5.56 Å². The van der Waals surface area contributed by atoms with E-state index in [0.717, 1.165) is 28.0 Å². The van der Waals surface area contributed by atoms with E-state index in [2.05, 4.69) is 4.98 Å². The van der Waals surface area contributed by atoms with Gasteiger partial charge in [0.15, 0.2) is 0 Å². The lowest BCUT2D eigenvalue weighted by Crippen LogP contribution is -1.92. The molecule has 1 heterocycles. The van der Waals surface area contributed by atoms with Crippen LogP contribution in [0.25, 0.3) is 10.9 Å². The van der Waals surface area contributed by atoms with Crippen LogP contribution < -0.4 is 10.5 Å². The van der Waals surface area contributed by atoms with Crippen molar-refractivity contribution >= 4 is 28.2 Å². The number of fused-ring (bicyclic) bond motifs is 1. The molecule has 20 heavy (non-hydrogen) atoms. The Bertz CT molecular complexity index is 787. The van der Waals surface area contributed by atoms with Crippen LogP contribution in [0.4, 0.5) is 5.69 Å². The topological polar surface area (TPSA) is 48.1 Å². The minimum Gasteiger partial charge on any atom is -0.456 e. The number of pyridine rings is 1. The summed E-state index contributed by atoms with van der Waals surface area (Å²) in [7, 11) is 0. The summed E-state index contributed by atoms with van der Waals surface area (Å²) in [5, 5.41) is 1.57. The molecule has 3 nitrogen and oxygen atoms in total. The van der Waals surface area contributed by atoms with Crippen molar-refractivity contribution in [3.63, 3.8) is 0 Å². The van der Waals surface area contributed by atoms with Crippen LogP contribution in [0.2, 0.25) is 5.02 Å². The molecule has 0 aliphatic carbocycles. The van der Waals surface area contributed by atoms with Crippen LogP contribution in [0, 0.1) is 6.92 Å². The maximum absolute atomic E-state index is 5.98. The second-order valence-electron chi connectivity index (χ2n) is 4.60. The minimum absolute atomic E-state index is 0.655. The van der Waals surface area contributed by atoms with E-state index in [-0.39, 0.29) is 0 Å². The van der Waals surface area contributed by atoms with Gasteiger partial charge in [-0.2, -0.15) is 0 Å². The van der Waals surface area contributed by atoms with E-state index >= 15 is 0 Å². The second-order valence-corrected chi connectivity index (χ2v) is 5.03. The molecular formula is C16H13ClN2O. The summed E-state index contributed by atoms with van der Waals surface area (Å²) in [6.45, 7) is 1.98. The van der Waals surface area contributed by atoms with Gasteiger partial charge in [0, 0.05) is 28.4 Å². The van der Waals surface area contributed by atoms with Gasteiger partial charge in [-0.05, 0) is 42.8 Å². The van der Waals surface area contributed by atoms with E-state index in [1.165, 1.54) is 0 Å². The summed E-state index contributed by atoms with van der Waals surface area (Å²) >= 11 is 5.98. The number of hydrogen-bond acceptors (Lipinski definition) is 3. The van der Waals surface area contributed by atoms with Crippen molar-refractivity contribution in [3.8, 4) is 11.5 Å². The van der Waals surface area contributed by atoms with Crippen LogP contribution >= 0.6 is 11.6 Å². The summed E-state index contributed by atoms with van der Waals surface area (Å²) in [5.74, 6) is 1.48. The minimum atomic E-state index is 0.655. The van der Waals surface area contributed by atoms with E-state index in [9.17, 15) is 0 Å². The molecular weight excluding hydrogens is 272 g/mol. The molecule has 0 spiro atoms. The number of anilines is 1. The summed E-state index contributed by atoms with van der Waals surface area (Å²) < 4.78 is 5.98. The Kier molecular flexibility index (Phi) is 3.20. The van der Waals surface area contributed by atoms with Crippen molar-refractivity contribution in [2.24, 2.45) is 0 Å². The first kappa shape index (κ1) is 12.8. The monoisotopic (exact) mass is 284 g/mol. The van der Waals surface area contributed by atoms with Gasteiger partial charge >= 0.3 is 0 Å². The van der Waals surface area contributed by atoms with Gasteiger partial charge in [-0.3, -0.25) is 4.98 Å². The lowest BCUT2D eigenvalue weighted by molar-refractivity contribution is 0.484. The zero-order chi connectivity index (χ0) is 14.1. The molecule has 0 fully saturated rings. The molecule has 0 bridgehead atoms. The van der Waals surface area contributed by atoms with Gasteiger partial charge in [-0.25, -0.2) is 0 Å². The first-order valence-corrected chi connectivity index (χ1v) is 6.59. The Morgan fingerprint density at radius 1 is 1.05 bits per heavy atom. The van der Waals surface area contributed by atoms with Gasteiger partial charge < -0.3 is 10.5 Å². The molecule has 0 aliphatic rings. The quantitative estimate of drug-likeness (QED) is 0.701. The first-order valence-electron chi connectivity index (χ1n) is 6.22. The molecule has 3 aromatic rings. The third-order valence-corrected chi connectivity index (χ3v) is 3.33. The Morgan fingerprint density at radius 2 is 1.90 bits per heavy atom. The molecule has 0 unspecified atom stereocenters. The highest BCUT2D eigenvalue weighted by molar-refractivity contribution is 6.31. The van der Waals surface area contributed by atoms with Crippen molar-refractivity contribution in [3.05, 3.63) is 59.2 Å². The predicted molar refractivity (Wildman–Crippen MR) is 82.4 cm³/mol. The molecule has 0 aliphatic heterocycles. The zero-order valence-electron chi connectivity index (χ0n) is 10.9. The average Bonchev–Trinajstić information content (AvgIpc) is 2.43. The normalized spacial score (nSPS) is 10.7. The number of halogens is 1. The van der Waals surface area contributed by atoms with E-state index in [4.69, 9.17) is 22.1 Å². The summed E-state index contributed by atoms with van der Waals surface area (Å²) in [5.41, 5.74) is 8.31. The number of nitrogens with zero attached hydrogens (tertiary/aromatic N) is 1. The fourth-order valence-electron chi connectivity index (χ4n) is 2.03. The fourth-order valence-corrected chi connectivity index (χ4v) is 2.20. The zero-order valence-corrected chi connectivity index (χ0v) is 11.7. The second kappa shape index (κ2) is 5.02. The molecule has 4 heteroatoms. The van der Waals surface area contributed by atoms with Crippen molar-refractivity contribution in [2.45, 2.75) is 6.92 Å². The number of hydrogen-bond donors (Lipinski definition) is 1. The van der Waals surface area contributed by atoms with Crippen LogP contribution in [0.5, 0.6) is 11.5 Å². The fraction of sp³-hybridized carbons (Fsp3) is 0.0625. The van der Waals surface area contributed by atoms with Gasteiger partial charge in [0.1, 0.15) is 11.5 Å². The smallest absolute Gasteiger partial charge is 0.138 e. The molecule has 0 saturated carbocycles. The Hall–Kier alpha value is -2.26. The lowest BCUT2D eigenvalue weighted by Gasteiger charge is -2.11. The predicted octanol–water partition coefficient (Wildman–Crippen LogP) is 4.57. The number of aryl methyl sites for hydroxylation is 1. The molecule has 0 atom stereocenters. The summed E-state index contributed by atoms with van der Waals surface area (Å²) in [6, 6.07) is 13.0. The molecule has 0 radical (unpaired) electrons.